The Morgan fingerprint density at radius 3 is 2.35 bits per heavy atom. The van der Waals surface area contributed by atoms with Gasteiger partial charge in [-0.3, -0.25) is 4.79 Å². The van der Waals surface area contributed by atoms with Crippen LogP contribution < -0.4 is 20.1 Å². The molecule has 4 rings (SSSR count). The Labute approximate surface area is 252 Å². The summed E-state index contributed by atoms with van der Waals surface area (Å²) in [7, 11) is -0.749. The molecule has 0 bridgehead atoms. The van der Waals surface area contributed by atoms with E-state index in [9.17, 15) is 23.1 Å². The SMILES string of the molecule is COc1ccc(NC(=O)Nc2ccc3c(c2)C(=O)N([C@H](C)CO)C[C@H](C)[C@@H](CN(C)S(=O)(=O)c2ccc(C)cc2)O3)cc1. The Balaban J connectivity index is 1.59. The lowest BCUT2D eigenvalue weighted by Gasteiger charge is -2.38. The molecular formula is C31H38N4O7S. The lowest BCUT2D eigenvalue weighted by Crippen LogP contribution is -2.50. The molecule has 0 unspecified atom stereocenters. The molecule has 12 heteroatoms. The molecule has 3 N–H and O–H groups in total. The van der Waals surface area contributed by atoms with Gasteiger partial charge in [-0.1, -0.05) is 24.6 Å². The normalized spacial score (nSPS) is 17.7. The first kappa shape index (κ1) is 31.8. The van der Waals surface area contributed by atoms with Gasteiger partial charge < -0.3 is 30.1 Å². The highest BCUT2D eigenvalue weighted by molar-refractivity contribution is 7.89. The van der Waals surface area contributed by atoms with Gasteiger partial charge in [-0.15, -0.1) is 0 Å². The minimum atomic E-state index is -3.80. The van der Waals surface area contributed by atoms with E-state index in [1.54, 1.807) is 79.6 Å². The molecule has 3 aromatic rings. The maximum atomic E-state index is 13.7. The molecule has 0 saturated heterocycles. The fourth-order valence-electron chi connectivity index (χ4n) is 4.73. The number of hydrogen-bond donors (Lipinski definition) is 3. The number of carbonyl (C=O) groups is 2. The van der Waals surface area contributed by atoms with Gasteiger partial charge >= 0.3 is 6.03 Å². The number of nitrogens with one attached hydrogen (secondary N) is 2. The van der Waals surface area contributed by atoms with E-state index in [2.05, 4.69) is 10.6 Å². The second-order valence-corrected chi connectivity index (χ2v) is 12.8. The first-order valence-electron chi connectivity index (χ1n) is 13.9. The summed E-state index contributed by atoms with van der Waals surface area (Å²) in [4.78, 5) is 28.1. The van der Waals surface area contributed by atoms with Gasteiger partial charge in [0.25, 0.3) is 5.91 Å². The molecule has 3 atom stereocenters. The number of anilines is 2. The monoisotopic (exact) mass is 610 g/mol. The zero-order valence-electron chi connectivity index (χ0n) is 24.9. The van der Waals surface area contributed by atoms with Crippen molar-refractivity contribution in [1.82, 2.24) is 9.21 Å². The predicted octanol–water partition coefficient (Wildman–Crippen LogP) is 4.19. The van der Waals surface area contributed by atoms with Gasteiger partial charge in [-0.25, -0.2) is 13.2 Å². The lowest BCUT2D eigenvalue weighted by atomic mass is 9.99. The lowest BCUT2D eigenvalue weighted by molar-refractivity contribution is 0.0387. The second-order valence-electron chi connectivity index (χ2n) is 10.7. The number of aliphatic hydroxyl groups is 1. The summed E-state index contributed by atoms with van der Waals surface area (Å²) in [6, 6.07) is 17.1. The summed E-state index contributed by atoms with van der Waals surface area (Å²) >= 11 is 0. The Morgan fingerprint density at radius 2 is 1.72 bits per heavy atom. The summed E-state index contributed by atoms with van der Waals surface area (Å²) in [5, 5.41) is 15.4. The molecule has 1 aliphatic heterocycles. The summed E-state index contributed by atoms with van der Waals surface area (Å²) in [5.41, 5.74) is 2.03. The van der Waals surface area contributed by atoms with Crippen molar-refractivity contribution in [1.29, 1.82) is 0 Å². The number of ether oxygens (including phenoxy) is 2. The Bertz CT molecular complexity index is 1550. The van der Waals surface area contributed by atoms with Gasteiger partial charge in [0, 0.05) is 30.9 Å². The van der Waals surface area contributed by atoms with Crippen LogP contribution in [0, 0.1) is 12.8 Å². The number of sulfonamides is 1. The first-order chi connectivity index (χ1) is 20.4. The summed E-state index contributed by atoms with van der Waals surface area (Å²) in [6.07, 6.45) is -0.623. The largest absolute Gasteiger partial charge is 0.497 e. The van der Waals surface area contributed by atoms with Gasteiger partial charge in [-0.2, -0.15) is 4.31 Å². The van der Waals surface area contributed by atoms with Crippen LogP contribution in [0.25, 0.3) is 0 Å². The Kier molecular flexibility index (Phi) is 9.95. The van der Waals surface area contributed by atoms with Gasteiger partial charge in [-0.05, 0) is 68.4 Å². The van der Waals surface area contributed by atoms with Crippen LogP contribution in [0.15, 0.2) is 71.6 Å². The van der Waals surface area contributed by atoms with Crippen molar-refractivity contribution >= 4 is 33.3 Å². The number of hydrogen-bond acceptors (Lipinski definition) is 7. The van der Waals surface area contributed by atoms with E-state index in [0.29, 0.717) is 17.1 Å². The highest BCUT2D eigenvalue weighted by atomic mass is 32.2. The van der Waals surface area contributed by atoms with Crippen molar-refractivity contribution in [3.8, 4) is 11.5 Å². The van der Waals surface area contributed by atoms with Crippen LogP contribution in [0.4, 0.5) is 16.2 Å². The molecular weight excluding hydrogens is 572 g/mol. The van der Waals surface area contributed by atoms with Crippen molar-refractivity contribution in [2.75, 3.05) is 44.5 Å². The van der Waals surface area contributed by atoms with Crippen molar-refractivity contribution in [3.63, 3.8) is 0 Å². The van der Waals surface area contributed by atoms with Crippen molar-refractivity contribution < 1.29 is 32.6 Å². The molecule has 0 radical (unpaired) electrons. The number of amides is 3. The molecule has 0 aliphatic carbocycles. The number of rotatable bonds is 9. The predicted molar refractivity (Wildman–Crippen MR) is 164 cm³/mol. The molecule has 3 aromatic carbocycles. The van der Waals surface area contributed by atoms with E-state index in [4.69, 9.17) is 9.47 Å². The maximum absolute atomic E-state index is 13.7. The van der Waals surface area contributed by atoms with Crippen LogP contribution in [-0.2, 0) is 10.0 Å². The van der Waals surface area contributed by atoms with Gasteiger partial charge in [0.1, 0.15) is 17.6 Å². The number of aliphatic hydroxyl groups excluding tert-OH is 1. The van der Waals surface area contributed by atoms with Gasteiger partial charge in [0.05, 0.1) is 36.8 Å². The van der Waals surface area contributed by atoms with Crippen LogP contribution in [0.1, 0.15) is 29.8 Å². The Morgan fingerprint density at radius 1 is 1.09 bits per heavy atom. The highest BCUT2D eigenvalue weighted by Crippen LogP contribution is 2.31. The van der Waals surface area contributed by atoms with Crippen molar-refractivity contribution in [3.05, 3.63) is 77.9 Å². The number of aryl methyl sites for hydroxylation is 1. The smallest absolute Gasteiger partial charge is 0.323 e. The van der Waals surface area contributed by atoms with Crippen molar-refractivity contribution in [2.45, 2.75) is 37.8 Å². The quantitative estimate of drug-likeness (QED) is 0.330. The topological polar surface area (TPSA) is 138 Å². The maximum Gasteiger partial charge on any atom is 0.323 e. The van der Waals surface area contributed by atoms with E-state index >= 15 is 0 Å². The zero-order valence-corrected chi connectivity index (χ0v) is 25.7. The van der Waals surface area contributed by atoms with E-state index in [1.165, 1.54) is 17.4 Å². The minimum absolute atomic E-state index is 0.0244. The fourth-order valence-corrected chi connectivity index (χ4v) is 5.91. The first-order valence-corrected chi connectivity index (χ1v) is 15.3. The molecule has 0 fully saturated rings. The van der Waals surface area contributed by atoms with Crippen molar-refractivity contribution in [2.24, 2.45) is 5.92 Å². The van der Waals surface area contributed by atoms with E-state index in [0.717, 1.165) is 5.56 Å². The number of methoxy groups -OCH3 is 1. The van der Waals surface area contributed by atoms with Crippen LogP contribution in [0.2, 0.25) is 0 Å². The highest BCUT2D eigenvalue weighted by Gasteiger charge is 2.35. The van der Waals surface area contributed by atoms with Gasteiger partial charge in [0.2, 0.25) is 10.0 Å². The molecule has 0 saturated carbocycles. The average molecular weight is 611 g/mol. The third kappa shape index (κ3) is 7.45. The number of carbonyl (C=O) groups excluding carboxylic acids is 2. The summed E-state index contributed by atoms with van der Waals surface area (Å²) in [5.74, 6) is 0.245. The number of fused-ring (bicyclic) bond motifs is 1. The van der Waals surface area contributed by atoms with Crippen LogP contribution in [-0.4, -0.2) is 80.7 Å². The number of benzene rings is 3. The number of urea groups is 1. The molecule has 0 aromatic heterocycles. The molecule has 1 aliphatic rings. The minimum Gasteiger partial charge on any atom is -0.497 e. The molecule has 1 heterocycles. The summed E-state index contributed by atoms with van der Waals surface area (Å²) in [6.45, 7) is 5.49. The Hall–Kier alpha value is -4.13. The molecule has 230 valence electrons. The fraction of sp³-hybridized carbons (Fsp3) is 0.355. The number of nitrogens with zero attached hydrogens (tertiary/aromatic N) is 2. The third-order valence-electron chi connectivity index (χ3n) is 7.44. The average Bonchev–Trinajstić information content (AvgIpc) is 2.99. The van der Waals surface area contributed by atoms with Crippen LogP contribution >= 0.6 is 0 Å². The standard InChI is InChI=1S/C31H38N4O7S/c1-20-6-13-26(14-7-20)43(39,40)34(4)18-29-21(2)17-35(22(3)19-36)30(37)27-16-24(10-15-28(27)42-29)33-31(38)32-23-8-11-25(41-5)12-9-23/h6-16,21-22,29,36H,17-19H2,1-5H3,(H2,32,33,38)/t21-,22+,29+/m0/s1. The van der Waals surface area contributed by atoms with Gasteiger partial charge in [0.15, 0.2) is 0 Å². The molecule has 0 spiro atoms. The molecule has 43 heavy (non-hydrogen) atoms. The second kappa shape index (κ2) is 13.4. The molecule has 3 amide bonds. The number of likely N-dealkylation sites (N-methyl/N-ethyl adjacent to an activating group) is 1. The van der Waals surface area contributed by atoms with E-state index in [1.807, 2.05) is 13.8 Å². The summed E-state index contributed by atoms with van der Waals surface area (Å²) < 4.78 is 39.4. The third-order valence-corrected chi connectivity index (χ3v) is 9.27. The van der Waals surface area contributed by atoms with Crippen LogP contribution in [0.5, 0.6) is 11.5 Å². The van der Waals surface area contributed by atoms with Crippen LogP contribution in [0.3, 0.4) is 0 Å². The van der Waals surface area contributed by atoms with E-state index < -0.39 is 28.2 Å². The molecule has 11 nitrogen and oxygen atoms in total. The van der Waals surface area contributed by atoms with E-state index in [-0.39, 0.29) is 47.7 Å². The zero-order chi connectivity index (χ0) is 31.3.